The maximum atomic E-state index is 13.1. The fraction of sp³-hybridized carbons (Fsp3) is 0.444. The summed E-state index contributed by atoms with van der Waals surface area (Å²) in [5.41, 5.74) is 0.993. The molecule has 2 amide bonds. The average Bonchev–Trinajstić information content (AvgIpc) is 3.37. The van der Waals surface area contributed by atoms with E-state index < -0.39 is 5.41 Å². The molecule has 0 aliphatic carbocycles. The Morgan fingerprint density at radius 3 is 2.85 bits per heavy atom. The van der Waals surface area contributed by atoms with Crippen molar-refractivity contribution in [3.05, 3.63) is 34.3 Å². The van der Waals surface area contributed by atoms with Gasteiger partial charge < -0.3 is 9.80 Å². The highest BCUT2D eigenvalue weighted by Crippen LogP contribution is 2.42. The molecule has 136 valence electrons. The maximum Gasteiger partial charge on any atom is 0.271 e. The van der Waals surface area contributed by atoms with Gasteiger partial charge in [0.05, 0.1) is 11.1 Å². The number of Topliss-reactive ketones (excluding diaryl/α,β-unsaturated/α-hetero) is 1. The largest absolute Gasteiger partial charge is 0.336 e. The number of piperidine rings is 1. The van der Waals surface area contributed by atoms with Crippen molar-refractivity contribution in [1.82, 2.24) is 15.1 Å². The van der Waals surface area contributed by atoms with Gasteiger partial charge in [-0.05, 0) is 36.8 Å². The highest BCUT2D eigenvalue weighted by molar-refractivity contribution is 7.08. The first-order chi connectivity index (χ1) is 12.5. The van der Waals surface area contributed by atoms with E-state index in [4.69, 9.17) is 0 Å². The molecule has 1 spiro atoms. The van der Waals surface area contributed by atoms with Crippen molar-refractivity contribution >= 4 is 34.6 Å². The third-order valence-electron chi connectivity index (χ3n) is 5.36. The number of thiophene rings is 1. The number of carbonyl (C=O) groups is 3. The fourth-order valence-electron chi connectivity index (χ4n) is 3.94. The van der Waals surface area contributed by atoms with Crippen molar-refractivity contribution < 1.29 is 14.4 Å². The SMILES string of the molecule is CC(=O)c1cc(C(=O)N2CCCC3(CCN(c4ccsc4)C3=O)C2)[nH]n1. The molecule has 2 aliphatic heterocycles. The van der Waals surface area contributed by atoms with Crippen LogP contribution < -0.4 is 4.90 Å². The predicted octanol–water partition coefficient (Wildman–Crippen LogP) is 2.33. The van der Waals surface area contributed by atoms with E-state index in [9.17, 15) is 14.4 Å². The van der Waals surface area contributed by atoms with Gasteiger partial charge in [0.2, 0.25) is 5.91 Å². The van der Waals surface area contributed by atoms with Crippen LogP contribution in [0.3, 0.4) is 0 Å². The summed E-state index contributed by atoms with van der Waals surface area (Å²) in [6.45, 7) is 3.13. The standard InChI is InChI=1S/C18H20N4O3S/c1-12(23)14-9-15(20-19-14)16(24)21-6-2-4-18(11-21)5-7-22(17(18)25)13-3-8-26-10-13/h3,8-10H,2,4-7,11H2,1H3,(H,19,20). The molecular formula is C18H20N4O3S. The molecule has 2 aromatic heterocycles. The quantitative estimate of drug-likeness (QED) is 0.838. The number of nitrogens with one attached hydrogen (secondary N) is 1. The van der Waals surface area contributed by atoms with Gasteiger partial charge in [0.25, 0.3) is 5.91 Å². The summed E-state index contributed by atoms with van der Waals surface area (Å²) in [4.78, 5) is 40.9. The van der Waals surface area contributed by atoms with Crippen molar-refractivity contribution in [3.63, 3.8) is 0 Å². The fourth-order valence-corrected chi connectivity index (χ4v) is 4.59. The van der Waals surface area contributed by atoms with Crippen molar-refractivity contribution in [3.8, 4) is 0 Å². The van der Waals surface area contributed by atoms with E-state index in [0.717, 1.165) is 24.9 Å². The number of hydrogen-bond acceptors (Lipinski definition) is 5. The minimum Gasteiger partial charge on any atom is -0.336 e. The molecule has 4 heterocycles. The zero-order valence-electron chi connectivity index (χ0n) is 14.5. The Balaban J connectivity index is 1.53. The van der Waals surface area contributed by atoms with Crippen LogP contribution in [0.4, 0.5) is 5.69 Å². The summed E-state index contributed by atoms with van der Waals surface area (Å²) in [5, 5.41) is 10.5. The van der Waals surface area contributed by atoms with Crippen LogP contribution in [0.15, 0.2) is 22.9 Å². The van der Waals surface area contributed by atoms with Crippen LogP contribution in [-0.4, -0.2) is 52.3 Å². The summed E-state index contributed by atoms with van der Waals surface area (Å²) >= 11 is 1.57. The lowest BCUT2D eigenvalue weighted by molar-refractivity contribution is -0.127. The number of carbonyl (C=O) groups excluding carboxylic acids is 3. The molecule has 4 rings (SSSR count). The first-order valence-electron chi connectivity index (χ1n) is 8.70. The van der Waals surface area contributed by atoms with Gasteiger partial charge in [-0.2, -0.15) is 16.4 Å². The van der Waals surface area contributed by atoms with Gasteiger partial charge in [-0.3, -0.25) is 19.5 Å². The van der Waals surface area contributed by atoms with E-state index in [2.05, 4.69) is 10.2 Å². The number of aromatic nitrogens is 2. The topological polar surface area (TPSA) is 86.4 Å². The molecule has 7 nitrogen and oxygen atoms in total. The van der Waals surface area contributed by atoms with Crippen molar-refractivity contribution in [2.24, 2.45) is 5.41 Å². The molecule has 1 unspecified atom stereocenters. The van der Waals surface area contributed by atoms with Crippen LogP contribution >= 0.6 is 11.3 Å². The molecule has 0 aromatic carbocycles. The first kappa shape index (κ1) is 17.0. The number of aromatic amines is 1. The predicted molar refractivity (Wildman–Crippen MR) is 97.5 cm³/mol. The third kappa shape index (κ3) is 2.74. The first-order valence-corrected chi connectivity index (χ1v) is 9.64. The Morgan fingerprint density at radius 2 is 2.15 bits per heavy atom. The van der Waals surface area contributed by atoms with E-state index >= 15 is 0 Å². The summed E-state index contributed by atoms with van der Waals surface area (Å²) < 4.78 is 0. The summed E-state index contributed by atoms with van der Waals surface area (Å²) in [6, 6.07) is 3.45. The number of likely N-dealkylation sites (tertiary alicyclic amines) is 1. The molecule has 26 heavy (non-hydrogen) atoms. The average molecular weight is 372 g/mol. The van der Waals surface area contributed by atoms with Gasteiger partial charge in [-0.25, -0.2) is 0 Å². The third-order valence-corrected chi connectivity index (χ3v) is 6.03. The zero-order valence-corrected chi connectivity index (χ0v) is 15.3. The van der Waals surface area contributed by atoms with Crippen LogP contribution in [-0.2, 0) is 4.79 Å². The Morgan fingerprint density at radius 1 is 1.31 bits per heavy atom. The normalized spacial score (nSPS) is 23.0. The highest BCUT2D eigenvalue weighted by Gasteiger charge is 2.50. The lowest BCUT2D eigenvalue weighted by Crippen LogP contribution is -2.50. The number of hydrogen-bond donors (Lipinski definition) is 1. The van der Waals surface area contributed by atoms with Gasteiger partial charge >= 0.3 is 0 Å². The van der Waals surface area contributed by atoms with Gasteiger partial charge in [-0.15, -0.1) is 0 Å². The van der Waals surface area contributed by atoms with Crippen LogP contribution in [0.2, 0.25) is 0 Å². The van der Waals surface area contributed by atoms with Crippen LogP contribution in [0.5, 0.6) is 0 Å². The molecule has 2 aromatic rings. The Bertz CT molecular complexity index is 860. The van der Waals surface area contributed by atoms with Crippen molar-refractivity contribution in [2.45, 2.75) is 26.2 Å². The van der Waals surface area contributed by atoms with Crippen LogP contribution in [0.1, 0.15) is 47.2 Å². The number of rotatable bonds is 3. The van der Waals surface area contributed by atoms with Crippen molar-refractivity contribution in [1.29, 1.82) is 0 Å². The summed E-state index contributed by atoms with van der Waals surface area (Å²) in [7, 11) is 0. The number of anilines is 1. The second-order valence-electron chi connectivity index (χ2n) is 7.02. The van der Waals surface area contributed by atoms with Crippen LogP contribution in [0.25, 0.3) is 0 Å². The molecule has 1 N–H and O–H groups in total. The summed E-state index contributed by atoms with van der Waals surface area (Å²) in [6.07, 6.45) is 2.35. The second-order valence-corrected chi connectivity index (χ2v) is 7.80. The molecular weight excluding hydrogens is 352 g/mol. The lowest BCUT2D eigenvalue weighted by atomic mass is 9.78. The maximum absolute atomic E-state index is 13.1. The van der Waals surface area contributed by atoms with Crippen LogP contribution in [0, 0.1) is 5.41 Å². The number of amides is 2. The number of H-pyrrole nitrogens is 1. The molecule has 2 saturated heterocycles. The minimum absolute atomic E-state index is 0.113. The minimum atomic E-state index is -0.501. The monoisotopic (exact) mass is 372 g/mol. The molecule has 8 heteroatoms. The van der Waals surface area contributed by atoms with E-state index in [1.807, 2.05) is 21.7 Å². The number of ketones is 1. The summed E-state index contributed by atoms with van der Waals surface area (Å²) in [5.74, 6) is -0.277. The lowest BCUT2D eigenvalue weighted by Gasteiger charge is -2.38. The van der Waals surface area contributed by atoms with E-state index in [0.29, 0.717) is 25.3 Å². The van der Waals surface area contributed by atoms with Gasteiger partial charge in [0.15, 0.2) is 5.78 Å². The molecule has 0 bridgehead atoms. The second kappa shape index (κ2) is 6.35. The Labute approximate surface area is 155 Å². The smallest absolute Gasteiger partial charge is 0.271 e. The molecule has 1 atom stereocenters. The highest BCUT2D eigenvalue weighted by atomic mass is 32.1. The molecule has 0 radical (unpaired) electrons. The van der Waals surface area contributed by atoms with Gasteiger partial charge in [0, 0.05) is 31.9 Å². The molecule has 2 fully saturated rings. The molecule has 0 saturated carbocycles. The van der Waals surface area contributed by atoms with Gasteiger partial charge in [-0.1, -0.05) is 0 Å². The number of nitrogens with zero attached hydrogens (tertiary/aromatic N) is 3. The van der Waals surface area contributed by atoms with E-state index in [-0.39, 0.29) is 23.3 Å². The molecule has 2 aliphatic rings. The van der Waals surface area contributed by atoms with Gasteiger partial charge in [0.1, 0.15) is 11.4 Å². The zero-order chi connectivity index (χ0) is 18.3. The van der Waals surface area contributed by atoms with E-state index in [1.54, 1.807) is 16.2 Å². The van der Waals surface area contributed by atoms with Crippen molar-refractivity contribution in [2.75, 3.05) is 24.5 Å². The van der Waals surface area contributed by atoms with E-state index in [1.165, 1.54) is 13.0 Å². The Hall–Kier alpha value is -2.48. The Kier molecular flexibility index (Phi) is 4.14.